The van der Waals surface area contributed by atoms with Crippen molar-refractivity contribution in [3.05, 3.63) is 53.7 Å². The quantitative estimate of drug-likeness (QED) is 0.724. The number of hydrogen-bond donors (Lipinski definition) is 1. The molecule has 0 fully saturated rings. The Balaban J connectivity index is 2.29. The van der Waals surface area contributed by atoms with Gasteiger partial charge in [0.15, 0.2) is 0 Å². The summed E-state index contributed by atoms with van der Waals surface area (Å²) in [6, 6.07) is 13.3. The summed E-state index contributed by atoms with van der Waals surface area (Å²) in [6.45, 7) is 0. The van der Waals surface area contributed by atoms with Crippen molar-refractivity contribution < 1.29 is 0 Å². The molecule has 0 amide bonds. The molecule has 2 aromatic heterocycles. The first kappa shape index (κ1) is 11.0. The minimum Gasteiger partial charge on any atom is -0.383 e. The van der Waals surface area contributed by atoms with Crippen molar-refractivity contribution in [3.63, 3.8) is 0 Å². The van der Waals surface area contributed by atoms with Crippen LogP contribution in [0.25, 0.3) is 22.2 Å². The molecule has 0 spiro atoms. The number of nitrogens with zero attached hydrogens (tertiary/aromatic N) is 2. The van der Waals surface area contributed by atoms with Crippen molar-refractivity contribution in [2.45, 2.75) is 0 Å². The Bertz CT molecular complexity index is 711. The highest BCUT2D eigenvalue weighted by atomic mass is 35.5. The van der Waals surface area contributed by atoms with Crippen molar-refractivity contribution in [1.29, 1.82) is 0 Å². The van der Waals surface area contributed by atoms with Crippen molar-refractivity contribution >= 4 is 28.2 Å². The van der Waals surface area contributed by atoms with E-state index in [0.29, 0.717) is 10.8 Å². The Labute approximate surface area is 109 Å². The van der Waals surface area contributed by atoms with E-state index in [0.717, 1.165) is 22.2 Å². The molecule has 0 saturated carbocycles. The van der Waals surface area contributed by atoms with E-state index in [9.17, 15) is 0 Å². The molecule has 3 rings (SSSR count). The number of fused-ring (bicyclic) bond motifs is 1. The Morgan fingerprint density at radius 3 is 2.67 bits per heavy atom. The lowest BCUT2D eigenvalue weighted by Gasteiger charge is -2.07. The van der Waals surface area contributed by atoms with Gasteiger partial charge in [-0.3, -0.25) is 4.98 Å². The summed E-state index contributed by atoms with van der Waals surface area (Å²) in [5.74, 6) is 0.429. The number of nitrogen functional groups attached to an aromatic ring is 1. The largest absolute Gasteiger partial charge is 0.383 e. The van der Waals surface area contributed by atoms with Gasteiger partial charge >= 0.3 is 0 Å². The third-order valence-electron chi connectivity index (χ3n) is 2.76. The summed E-state index contributed by atoms with van der Waals surface area (Å²) < 4.78 is 0. The van der Waals surface area contributed by atoms with Crippen molar-refractivity contribution in [1.82, 2.24) is 9.97 Å². The van der Waals surface area contributed by atoms with E-state index in [2.05, 4.69) is 9.97 Å². The number of pyridine rings is 2. The molecule has 3 nitrogen and oxygen atoms in total. The van der Waals surface area contributed by atoms with Gasteiger partial charge in [0, 0.05) is 11.6 Å². The zero-order valence-corrected chi connectivity index (χ0v) is 10.2. The molecule has 0 saturated heterocycles. The molecule has 88 valence electrons. The van der Waals surface area contributed by atoms with E-state index in [1.165, 1.54) is 0 Å². The first-order chi connectivity index (χ1) is 8.75. The lowest BCUT2D eigenvalue weighted by molar-refractivity contribution is 1.26. The number of aromatic nitrogens is 2. The van der Waals surface area contributed by atoms with Gasteiger partial charge in [0.1, 0.15) is 5.82 Å². The fraction of sp³-hybridized carbons (Fsp3) is 0. The highest BCUT2D eigenvalue weighted by molar-refractivity contribution is 6.36. The third-order valence-corrected chi connectivity index (χ3v) is 3.08. The van der Waals surface area contributed by atoms with Crippen LogP contribution < -0.4 is 5.73 Å². The summed E-state index contributed by atoms with van der Waals surface area (Å²) in [5.41, 5.74) is 7.52. The first-order valence-corrected chi connectivity index (χ1v) is 5.89. The van der Waals surface area contributed by atoms with E-state index in [1.807, 2.05) is 42.5 Å². The monoisotopic (exact) mass is 255 g/mol. The number of rotatable bonds is 1. The molecular weight excluding hydrogens is 246 g/mol. The summed E-state index contributed by atoms with van der Waals surface area (Å²) in [7, 11) is 0. The number of hydrogen-bond acceptors (Lipinski definition) is 3. The molecule has 0 unspecified atom stereocenters. The van der Waals surface area contributed by atoms with Crippen LogP contribution in [0.2, 0.25) is 5.02 Å². The number of anilines is 1. The molecule has 0 aliphatic heterocycles. The number of nitrogens with two attached hydrogens (primary N) is 1. The molecule has 0 aliphatic rings. The second kappa shape index (κ2) is 4.27. The van der Waals surface area contributed by atoms with E-state index < -0.39 is 0 Å². The zero-order valence-electron chi connectivity index (χ0n) is 9.47. The summed E-state index contributed by atoms with van der Waals surface area (Å²) in [6.07, 6.45) is 1.73. The molecule has 0 atom stereocenters. The molecule has 18 heavy (non-hydrogen) atoms. The average molecular weight is 256 g/mol. The summed E-state index contributed by atoms with van der Waals surface area (Å²) >= 11 is 6.13. The van der Waals surface area contributed by atoms with E-state index >= 15 is 0 Å². The van der Waals surface area contributed by atoms with Crippen LogP contribution in [-0.4, -0.2) is 9.97 Å². The maximum absolute atomic E-state index is 6.13. The smallest absolute Gasteiger partial charge is 0.133 e. The SMILES string of the molecule is Nc1nc(-c2ccccn2)cc2cccc(Cl)c12. The average Bonchev–Trinajstić information content (AvgIpc) is 2.39. The standard InChI is InChI=1S/C14H10ClN3/c15-10-5-3-4-9-8-12(18-14(16)13(9)10)11-6-1-2-7-17-11/h1-8H,(H2,16,18). The van der Waals surface area contributed by atoms with E-state index in [1.54, 1.807) is 6.20 Å². The maximum Gasteiger partial charge on any atom is 0.133 e. The van der Waals surface area contributed by atoms with Gasteiger partial charge in [0.2, 0.25) is 0 Å². The maximum atomic E-state index is 6.13. The van der Waals surface area contributed by atoms with Gasteiger partial charge < -0.3 is 5.73 Å². The van der Waals surface area contributed by atoms with Gasteiger partial charge in [-0.15, -0.1) is 0 Å². The second-order valence-electron chi connectivity index (χ2n) is 3.95. The Hall–Kier alpha value is -2.13. The van der Waals surface area contributed by atoms with Crippen LogP contribution in [0.1, 0.15) is 0 Å². The van der Waals surface area contributed by atoms with Crippen LogP contribution in [0, 0.1) is 0 Å². The molecule has 0 radical (unpaired) electrons. The van der Waals surface area contributed by atoms with Crippen LogP contribution >= 0.6 is 11.6 Å². The van der Waals surface area contributed by atoms with Crippen molar-refractivity contribution in [2.75, 3.05) is 5.73 Å². The predicted molar refractivity (Wildman–Crippen MR) is 74.4 cm³/mol. The van der Waals surface area contributed by atoms with Crippen molar-refractivity contribution in [2.24, 2.45) is 0 Å². The Morgan fingerprint density at radius 2 is 1.89 bits per heavy atom. The molecule has 1 aromatic carbocycles. The van der Waals surface area contributed by atoms with Gasteiger partial charge in [-0.1, -0.05) is 29.8 Å². The number of halogens is 1. The fourth-order valence-electron chi connectivity index (χ4n) is 1.94. The molecule has 0 bridgehead atoms. The molecule has 3 aromatic rings. The first-order valence-electron chi connectivity index (χ1n) is 5.52. The molecule has 0 aliphatic carbocycles. The van der Waals surface area contributed by atoms with Crippen molar-refractivity contribution in [3.8, 4) is 11.4 Å². The summed E-state index contributed by atoms with van der Waals surface area (Å²) in [4.78, 5) is 8.63. The second-order valence-corrected chi connectivity index (χ2v) is 4.35. The lowest BCUT2D eigenvalue weighted by atomic mass is 10.1. The van der Waals surface area contributed by atoms with Crippen LogP contribution in [0.4, 0.5) is 5.82 Å². The molecule has 2 heterocycles. The van der Waals surface area contributed by atoms with Gasteiger partial charge in [0.05, 0.1) is 16.4 Å². The minimum absolute atomic E-state index is 0.429. The summed E-state index contributed by atoms with van der Waals surface area (Å²) in [5, 5.41) is 2.37. The van der Waals surface area contributed by atoms with Gasteiger partial charge in [0.25, 0.3) is 0 Å². The van der Waals surface area contributed by atoms with Gasteiger partial charge in [-0.05, 0) is 29.7 Å². The highest BCUT2D eigenvalue weighted by Gasteiger charge is 2.08. The van der Waals surface area contributed by atoms with Crippen LogP contribution in [-0.2, 0) is 0 Å². The van der Waals surface area contributed by atoms with Crippen LogP contribution in [0.5, 0.6) is 0 Å². The lowest BCUT2D eigenvalue weighted by Crippen LogP contribution is -1.95. The van der Waals surface area contributed by atoms with Gasteiger partial charge in [-0.2, -0.15) is 0 Å². The Kier molecular flexibility index (Phi) is 2.61. The highest BCUT2D eigenvalue weighted by Crippen LogP contribution is 2.30. The molecule has 2 N–H and O–H groups in total. The number of benzene rings is 1. The topological polar surface area (TPSA) is 51.8 Å². The minimum atomic E-state index is 0.429. The molecule has 4 heteroatoms. The fourth-order valence-corrected chi connectivity index (χ4v) is 2.22. The molecular formula is C14H10ClN3. The van der Waals surface area contributed by atoms with E-state index in [4.69, 9.17) is 17.3 Å². The Morgan fingerprint density at radius 1 is 1.00 bits per heavy atom. The van der Waals surface area contributed by atoms with Crippen LogP contribution in [0.15, 0.2) is 48.7 Å². The normalized spacial score (nSPS) is 10.7. The zero-order chi connectivity index (χ0) is 12.5. The predicted octanol–water partition coefficient (Wildman–Crippen LogP) is 3.53. The van der Waals surface area contributed by atoms with E-state index in [-0.39, 0.29) is 0 Å². The van der Waals surface area contributed by atoms with Crippen LogP contribution in [0.3, 0.4) is 0 Å². The van der Waals surface area contributed by atoms with Gasteiger partial charge in [-0.25, -0.2) is 4.98 Å². The third kappa shape index (κ3) is 1.79.